The number of carbonyl (C=O) groups is 1. The average Bonchev–Trinajstić information content (AvgIpc) is 2.89. The molecule has 2 atom stereocenters. The summed E-state index contributed by atoms with van der Waals surface area (Å²) in [5.41, 5.74) is -0.346. The molecule has 1 amide bonds. The molecule has 2 unspecified atom stereocenters. The molecule has 0 aromatic heterocycles. The van der Waals surface area contributed by atoms with Gasteiger partial charge < -0.3 is 15.2 Å². The van der Waals surface area contributed by atoms with Crippen LogP contribution in [-0.2, 0) is 0 Å². The van der Waals surface area contributed by atoms with E-state index >= 15 is 0 Å². The normalized spacial score (nSPS) is 21.0. The van der Waals surface area contributed by atoms with Crippen molar-refractivity contribution < 1.29 is 19.6 Å². The number of hydrogen-bond donors (Lipinski definition) is 2. The molecule has 0 saturated heterocycles. The van der Waals surface area contributed by atoms with Crippen molar-refractivity contribution in [3.63, 3.8) is 0 Å². The van der Waals surface area contributed by atoms with E-state index in [9.17, 15) is 20.0 Å². The number of nitrogens with zero attached hydrogens (tertiary/aromatic N) is 1. The van der Waals surface area contributed by atoms with Gasteiger partial charge in [-0.1, -0.05) is 6.07 Å². The molecule has 2 N–H and O–H groups in total. The standard InChI is InChI=1S/C14H18N2O5/c1-21-12-4-2-3-11(16(19)20)13(12)14(18)15-8-9-5-6-10(17)7-9/h2-4,9-10,17H,5-8H2,1H3,(H,15,18). The molecular formula is C14H18N2O5. The smallest absolute Gasteiger partial charge is 0.285 e. The maximum Gasteiger partial charge on any atom is 0.285 e. The van der Waals surface area contributed by atoms with Gasteiger partial charge in [0.15, 0.2) is 5.56 Å². The third kappa shape index (κ3) is 3.49. The van der Waals surface area contributed by atoms with Crippen molar-refractivity contribution in [1.29, 1.82) is 0 Å². The van der Waals surface area contributed by atoms with Gasteiger partial charge in [-0.3, -0.25) is 14.9 Å². The fourth-order valence-electron chi connectivity index (χ4n) is 2.63. The second kappa shape index (κ2) is 6.53. The summed E-state index contributed by atoms with van der Waals surface area (Å²) in [7, 11) is 1.36. The predicted molar refractivity (Wildman–Crippen MR) is 75.3 cm³/mol. The van der Waals surface area contributed by atoms with Crippen LogP contribution >= 0.6 is 0 Å². The van der Waals surface area contributed by atoms with E-state index < -0.39 is 10.8 Å². The minimum Gasteiger partial charge on any atom is -0.496 e. The molecule has 1 aromatic rings. The lowest BCUT2D eigenvalue weighted by Gasteiger charge is -2.12. The number of nitro groups is 1. The molecule has 1 saturated carbocycles. The molecule has 0 radical (unpaired) electrons. The Morgan fingerprint density at radius 1 is 1.52 bits per heavy atom. The van der Waals surface area contributed by atoms with Crippen LogP contribution < -0.4 is 10.1 Å². The third-order valence-corrected chi connectivity index (χ3v) is 3.71. The van der Waals surface area contributed by atoms with Gasteiger partial charge in [0, 0.05) is 12.6 Å². The fraction of sp³-hybridized carbons (Fsp3) is 0.500. The number of carbonyl (C=O) groups excluding carboxylic acids is 1. The zero-order valence-corrected chi connectivity index (χ0v) is 11.7. The molecule has 1 aliphatic rings. The summed E-state index contributed by atoms with van der Waals surface area (Å²) in [6.45, 7) is 0.394. The van der Waals surface area contributed by atoms with Crippen molar-refractivity contribution in [3.05, 3.63) is 33.9 Å². The van der Waals surface area contributed by atoms with Crippen molar-refractivity contribution in [2.75, 3.05) is 13.7 Å². The molecule has 1 fully saturated rings. The van der Waals surface area contributed by atoms with E-state index in [1.807, 2.05) is 0 Å². The van der Waals surface area contributed by atoms with E-state index in [1.165, 1.54) is 25.3 Å². The Morgan fingerprint density at radius 3 is 2.86 bits per heavy atom. The molecule has 0 spiro atoms. The monoisotopic (exact) mass is 294 g/mol. The highest BCUT2D eigenvalue weighted by molar-refractivity contribution is 6.00. The molecular weight excluding hydrogens is 276 g/mol. The first-order valence-corrected chi connectivity index (χ1v) is 6.80. The van der Waals surface area contributed by atoms with Crippen molar-refractivity contribution in [1.82, 2.24) is 5.32 Å². The first-order chi connectivity index (χ1) is 10.0. The number of nitrogens with one attached hydrogen (secondary N) is 1. The van der Waals surface area contributed by atoms with Crippen LogP contribution in [0.5, 0.6) is 5.75 Å². The molecule has 0 heterocycles. The summed E-state index contributed by atoms with van der Waals surface area (Å²) in [6.07, 6.45) is 1.91. The number of aliphatic hydroxyl groups excluding tert-OH is 1. The Balaban J connectivity index is 2.12. The summed E-state index contributed by atoms with van der Waals surface area (Å²) in [5.74, 6) is -0.147. The van der Waals surface area contributed by atoms with Gasteiger partial charge in [-0.25, -0.2) is 0 Å². The summed E-state index contributed by atoms with van der Waals surface area (Å²) in [6, 6.07) is 4.26. The van der Waals surface area contributed by atoms with Crippen LogP contribution in [0.15, 0.2) is 18.2 Å². The van der Waals surface area contributed by atoms with Crippen LogP contribution in [0.25, 0.3) is 0 Å². The lowest BCUT2D eigenvalue weighted by molar-refractivity contribution is -0.385. The maximum atomic E-state index is 12.2. The number of amides is 1. The highest BCUT2D eigenvalue weighted by Gasteiger charge is 2.27. The Kier molecular flexibility index (Phi) is 4.74. The Hall–Kier alpha value is -2.15. The molecule has 7 nitrogen and oxygen atoms in total. The van der Waals surface area contributed by atoms with Gasteiger partial charge in [-0.15, -0.1) is 0 Å². The van der Waals surface area contributed by atoms with E-state index in [1.54, 1.807) is 0 Å². The highest BCUT2D eigenvalue weighted by Crippen LogP contribution is 2.29. The van der Waals surface area contributed by atoms with Gasteiger partial charge in [0.05, 0.1) is 18.1 Å². The quantitative estimate of drug-likeness (QED) is 0.633. The van der Waals surface area contributed by atoms with Crippen LogP contribution in [0.1, 0.15) is 29.6 Å². The van der Waals surface area contributed by atoms with Crippen LogP contribution in [0.4, 0.5) is 5.69 Å². The molecule has 0 bridgehead atoms. The van der Waals surface area contributed by atoms with Crippen LogP contribution in [0.3, 0.4) is 0 Å². The largest absolute Gasteiger partial charge is 0.496 e. The maximum absolute atomic E-state index is 12.2. The van der Waals surface area contributed by atoms with Crippen molar-refractivity contribution in [3.8, 4) is 5.75 Å². The number of rotatable bonds is 5. The summed E-state index contributed by atoms with van der Waals surface area (Å²) in [5, 5.41) is 23.2. The molecule has 0 aliphatic heterocycles. The van der Waals surface area contributed by atoms with Crippen molar-refractivity contribution in [2.24, 2.45) is 5.92 Å². The van der Waals surface area contributed by atoms with E-state index in [2.05, 4.69) is 5.32 Å². The molecule has 2 rings (SSSR count). The Labute approximate surface area is 122 Å². The van der Waals surface area contributed by atoms with Gasteiger partial charge >= 0.3 is 0 Å². The predicted octanol–water partition coefficient (Wildman–Crippen LogP) is 1.49. The van der Waals surface area contributed by atoms with Crippen LogP contribution in [-0.4, -0.2) is 35.7 Å². The van der Waals surface area contributed by atoms with Gasteiger partial charge in [0.2, 0.25) is 0 Å². The third-order valence-electron chi connectivity index (χ3n) is 3.71. The second-order valence-corrected chi connectivity index (χ2v) is 5.15. The molecule has 21 heavy (non-hydrogen) atoms. The average molecular weight is 294 g/mol. The summed E-state index contributed by atoms with van der Waals surface area (Å²) < 4.78 is 5.04. The zero-order valence-electron chi connectivity index (χ0n) is 11.7. The summed E-state index contributed by atoms with van der Waals surface area (Å²) >= 11 is 0. The highest BCUT2D eigenvalue weighted by atomic mass is 16.6. The second-order valence-electron chi connectivity index (χ2n) is 5.15. The van der Waals surface area contributed by atoms with E-state index in [4.69, 9.17) is 4.74 Å². The van der Waals surface area contributed by atoms with Gasteiger partial charge in [0.25, 0.3) is 11.6 Å². The number of benzene rings is 1. The lowest BCUT2D eigenvalue weighted by Crippen LogP contribution is -2.29. The van der Waals surface area contributed by atoms with E-state index in [0.717, 1.165) is 12.8 Å². The van der Waals surface area contributed by atoms with E-state index in [-0.39, 0.29) is 29.0 Å². The number of methoxy groups -OCH3 is 1. The SMILES string of the molecule is COc1cccc([N+](=O)[O-])c1C(=O)NCC1CCC(O)C1. The molecule has 7 heteroatoms. The summed E-state index contributed by atoms with van der Waals surface area (Å²) in [4.78, 5) is 22.7. The van der Waals surface area contributed by atoms with Crippen molar-refractivity contribution >= 4 is 11.6 Å². The first kappa shape index (κ1) is 15.2. The van der Waals surface area contributed by atoms with Gasteiger partial charge in [-0.05, 0) is 31.2 Å². The number of aliphatic hydroxyl groups is 1. The Morgan fingerprint density at radius 2 is 2.29 bits per heavy atom. The first-order valence-electron chi connectivity index (χ1n) is 6.80. The van der Waals surface area contributed by atoms with Crippen molar-refractivity contribution in [2.45, 2.75) is 25.4 Å². The minimum atomic E-state index is -0.600. The minimum absolute atomic E-state index is 0.0662. The molecule has 1 aromatic carbocycles. The van der Waals surface area contributed by atoms with E-state index in [0.29, 0.717) is 13.0 Å². The van der Waals surface area contributed by atoms with Crippen LogP contribution in [0, 0.1) is 16.0 Å². The van der Waals surface area contributed by atoms with Gasteiger partial charge in [-0.2, -0.15) is 0 Å². The topological polar surface area (TPSA) is 102 Å². The number of ether oxygens (including phenoxy) is 1. The van der Waals surface area contributed by atoms with Gasteiger partial charge in [0.1, 0.15) is 5.75 Å². The number of nitro benzene ring substituents is 1. The molecule has 1 aliphatic carbocycles. The fourth-order valence-corrected chi connectivity index (χ4v) is 2.63. The lowest BCUT2D eigenvalue weighted by atomic mass is 10.1. The molecule has 114 valence electrons. The Bertz CT molecular complexity index is 546. The zero-order chi connectivity index (χ0) is 15.4. The number of hydrogen-bond acceptors (Lipinski definition) is 5. The van der Waals surface area contributed by atoms with Crippen LogP contribution in [0.2, 0.25) is 0 Å².